The average Bonchev–Trinajstić information content (AvgIpc) is 2.75. The molecule has 0 unspecified atom stereocenters. The Bertz CT molecular complexity index is 1070. The molecule has 1 aliphatic rings. The van der Waals surface area contributed by atoms with Gasteiger partial charge in [-0.15, -0.1) is 0 Å². The van der Waals surface area contributed by atoms with Crippen LogP contribution in [0.25, 0.3) is 0 Å². The molecular weight excluding hydrogens is 432 g/mol. The molecule has 3 rings (SSSR count). The molecule has 0 radical (unpaired) electrons. The van der Waals surface area contributed by atoms with Crippen molar-refractivity contribution in [3.8, 4) is 0 Å². The maximum absolute atomic E-state index is 12.4. The third-order valence-corrected chi connectivity index (χ3v) is 7.64. The van der Waals surface area contributed by atoms with E-state index in [2.05, 4.69) is 15.0 Å². The highest BCUT2D eigenvalue weighted by Crippen LogP contribution is 2.16. The fraction of sp³-hybridized carbons (Fsp3) is 0.333. The molecule has 2 N–H and O–H groups in total. The summed E-state index contributed by atoms with van der Waals surface area (Å²) < 4.78 is 58.2. The van der Waals surface area contributed by atoms with Crippen molar-refractivity contribution in [1.29, 1.82) is 0 Å². The summed E-state index contributed by atoms with van der Waals surface area (Å²) in [6.45, 7) is 1.27. The molecule has 30 heavy (non-hydrogen) atoms. The minimum atomic E-state index is -3.81. The SMILES string of the molecule is O=C(NCCS(=O)(=O)N1CCOCC1)c1ccc(S(=O)(=O)Nc2ccncc2)cc1. The largest absolute Gasteiger partial charge is 0.379 e. The number of amides is 1. The van der Waals surface area contributed by atoms with Gasteiger partial charge in [0, 0.05) is 37.6 Å². The molecular formula is C18H22N4O6S2. The molecule has 0 saturated carbocycles. The topological polar surface area (TPSA) is 135 Å². The van der Waals surface area contributed by atoms with Crippen LogP contribution in [-0.4, -0.2) is 70.6 Å². The summed E-state index contributed by atoms with van der Waals surface area (Å²) in [6.07, 6.45) is 2.93. The summed E-state index contributed by atoms with van der Waals surface area (Å²) >= 11 is 0. The summed E-state index contributed by atoms with van der Waals surface area (Å²) in [7, 11) is -7.28. The summed E-state index contributed by atoms with van der Waals surface area (Å²) in [5.74, 6) is -0.709. The van der Waals surface area contributed by atoms with Crippen LogP contribution in [0.4, 0.5) is 5.69 Å². The molecule has 1 saturated heterocycles. The van der Waals surface area contributed by atoms with Gasteiger partial charge in [0.05, 0.1) is 29.5 Å². The summed E-state index contributed by atoms with van der Waals surface area (Å²) in [5.41, 5.74) is 0.593. The summed E-state index contributed by atoms with van der Waals surface area (Å²) in [4.78, 5) is 16.1. The molecule has 2 aromatic rings. The molecule has 2 heterocycles. The predicted octanol–water partition coefficient (Wildman–Crippen LogP) is 0.274. The number of sulfonamides is 2. The highest BCUT2D eigenvalue weighted by molar-refractivity contribution is 7.92. The Labute approximate surface area is 175 Å². The normalized spacial score (nSPS) is 15.5. The van der Waals surface area contributed by atoms with Crippen LogP contribution in [0.1, 0.15) is 10.4 Å². The van der Waals surface area contributed by atoms with Crippen LogP contribution in [0.3, 0.4) is 0 Å². The number of carbonyl (C=O) groups is 1. The highest BCUT2D eigenvalue weighted by Gasteiger charge is 2.24. The Balaban J connectivity index is 1.56. The standard InChI is InChI=1S/C18H22N4O6S2/c23-18(20-9-14-29(24,25)22-10-12-28-13-11-22)15-1-3-17(4-2-15)30(26,27)21-16-5-7-19-8-6-16/h1-8H,9-14H2,(H,19,21)(H,20,23). The van der Waals surface area contributed by atoms with E-state index in [9.17, 15) is 21.6 Å². The number of rotatable bonds is 8. The van der Waals surface area contributed by atoms with Crippen molar-refractivity contribution >= 4 is 31.6 Å². The quantitative estimate of drug-likeness (QED) is 0.585. The molecule has 1 aliphatic heterocycles. The van der Waals surface area contributed by atoms with Crippen molar-refractivity contribution in [2.24, 2.45) is 0 Å². The number of benzene rings is 1. The van der Waals surface area contributed by atoms with Crippen molar-refractivity contribution in [1.82, 2.24) is 14.6 Å². The Morgan fingerprint density at radius 3 is 2.27 bits per heavy atom. The van der Waals surface area contributed by atoms with Gasteiger partial charge in [0.15, 0.2) is 0 Å². The van der Waals surface area contributed by atoms with Crippen LogP contribution in [0.5, 0.6) is 0 Å². The van der Waals surface area contributed by atoms with Crippen LogP contribution in [0.2, 0.25) is 0 Å². The van der Waals surface area contributed by atoms with Gasteiger partial charge in [-0.1, -0.05) is 0 Å². The van der Waals surface area contributed by atoms with E-state index in [1.807, 2.05) is 0 Å². The molecule has 162 valence electrons. The number of hydrogen-bond acceptors (Lipinski definition) is 7. The van der Waals surface area contributed by atoms with Crippen molar-refractivity contribution < 1.29 is 26.4 Å². The van der Waals surface area contributed by atoms with Crippen LogP contribution in [0.15, 0.2) is 53.7 Å². The van der Waals surface area contributed by atoms with E-state index >= 15 is 0 Å². The lowest BCUT2D eigenvalue weighted by Crippen LogP contribution is -2.43. The van der Waals surface area contributed by atoms with Crippen molar-refractivity contribution in [3.63, 3.8) is 0 Å². The van der Waals surface area contributed by atoms with E-state index in [1.54, 1.807) is 0 Å². The Hall–Kier alpha value is -2.54. The molecule has 1 aromatic heterocycles. The average molecular weight is 455 g/mol. The van der Waals surface area contributed by atoms with Crippen LogP contribution in [-0.2, 0) is 24.8 Å². The summed E-state index contributed by atoms with van der Waals surface area (Å²) in [5, 5.41) is 2.54. The van der Waals surface area contributed by atoms with Crippen LogP contribution < -0.4 is 10.0 Å². The summed E-state index contributed by atoms with van der Waals surface area (Å²) in [6, 6.07) is 8.39. The van der Waals surface area contributed by atoms with E-state index in [0.717, 1.165) is 0 Å². The Morgan fingerprint density at radius 2 is 1.63 bits per heavy atom. The third-order valence-electron chi connectivity index (χ3n) is 4.37. The second kappa shape index (κ2) is 9.51. The molecule has 1 fully saturated rings. The lowest BCUT2D eigenvalue weighted by Gasteiger charge is -2.26. The molecule has 0 aliphatic carbocycles. The fourth-order valence-corrected chi connectivity index (χ4v) is 5.15. The number of hydrogen-bond donors (Lipinski definition) is 2. The lowest BCUT2D eigenvalue weighted by atomic mass is 10.2. The number of anilines is 1. The van der Waals surface area contributed by atoms with E-state index in [-0.39, 0.29) is 22.8 Å². The number of aromatic nitrogens is 1. The van der Waals surface area contributed by atoms with Gasteiger partial charge in [-0.2, -0.15) is 4.31 Å². The zero-order chi connectivity index (χ0) is 21.6. The fourth-order valence-electron chi connectivity index (χ4n) is 2.77. The van der Waals surface area contributed by atoms with E-state index in [4.69, 9.17) is 4.74 Å². The van der Waals surface area contributed by atoms with Crippen molar-refractivity contribution in [2.75, 3.05) is 43.3 Å². The first-order valence-corrected chi connectivity index (χ1v) is 12.2. The van der Waals surface area contributed by atoms with Crippen molar-refractivity contribution in [2.45, 2.75) is 4.90 Å². The molecule has 10 nitrogen and oxygen atoms in total. The molecule has 12 heteroatoms. The minimum absolute atomic E-state index is 0.00856. The maximum Gasteiger partial charge on any atom is 0.261 e. The van der Waals surface area contributed by atoms with Gasteiger partial charge < -0.3 is 10.1 Å². The zero-order valence-electron chi connectivity index (χ0n) is 16.0. The van der Waals surface area contributed by atoms with Gasteiger partial charge in [0.1, 0.15) is 0 Å². The number of carbonyl (C=O) groups excluding carboxylic acids is 1. The molecule has 1 aromatic carbocycles. The van der Waals surface area contributed by atoms with E-state index < -0.39 is 26.0 Å². The van der Waals surface area contributed by atoms with Crippen molar-refractivity contribution in [3.05, 3.63) is 54.4 Å². The molecule has 0 spiro atoms. The molecule has 0 atom stereocenters. The smallest absolute Gasteiger partial charge is 0.261 e. The van der Waals surface area contributed by atoms with E-state index in [1.165, 1.54) is 53.1 Å². The van der Waals surface area contributed by atoms with Gasteiger partial charge >= 0.3 is 0 Å². The van der Waals surface area contributed by atoms with Gasteiger partial charge in [0.2, 0.25) is 10.0 Å². The Kier molecular flexibility index (Phi) is 7.02. The molecule has 1 amide bonds. The number of pyridine rings is 1. The molecule has 0 bridgehead atoms. The highest BCUT2D eigenvalue weighted by atomic mass is 32.2. The van der Waals surface area contributed by atoms with Gasteiger partial charge in [-0.25, -0.2) is 16.8 Å². The zero-order valence-corrected chi connectivity index (χ0v) is 17.7. The van der Waals surface area contributed by atoms with Crippen LogP contribution in [0, 0.1) is 0 Å². The lowest BCUT2D eigenvalue weighted by molar-refractivity contribution is 0.0730. The Morgan fingerprint density at radius 1 is 1.00 bits per heavy atom. The third kappa shape index (κ3) is 5.75. The van der Waals surface area contributed by atoms with Gasteiger partial charge in [-0.05, 0) is 36.4 Å². The number of nitrogens with one attached hydrogen (secondary N) is 2. The van der Waals surface area contributed by atoms with Gasteiger partial charge in [-0.3, -0.25) is 14.5 Å². The first-order valence-electron chi connectivity index (χ1n) is 9.15. The number of ether oxygens (including phenoxy) is 1. The second-order valence-corrected chi connectivity index (χ2v) is 10.2. The first-order chi connectivity index (χ1) is 14.3. The number of morpholine rings is 1. The number of nitrogens with zero attached hydrogens (tertiary/aromatic N) is 2. The maximum atomic E-state index is 12.4. The van der Waals surface area contributed by atoms with Crippen LogP contribution >= 0.6 is 0 Å². The minimum Gasteiger partial charge on any atom is -0.379 e. The second-order valence-electron chi connectivity index (χ2n) is 6.45. The van der Waals surface area contributed by atoms with E-state index in [0.29, 0.717) is 32.0 Å². The van der Waals surface area contributed by atoms with Gasteiger partial charge in [0.25, 0.3) is 15.9 Å². The first kappa shape index (κ1) is 22.2. The monoisotopic (exact) mass is 454 g/mol. The predicted molar refractivity (Wildman–Crippen MR) is 110 cm³/mol.